The molecule has 438 valence electrons. The van der Waals surface area contributed by atoms with E-state index in [-0.39, 0.29) is 62.2 Å². The Morgan fingerprint density at radius 2 is 1.20 bits per heavy atom. The number of hydrogen-bond acceptors (Lipinski definition) is 14. The van der Waals surface area contributed by atoms with Crippen molar-refractivity contribution in [1.29, 1.82) is 0 Å². The molecule has 0 fully saturated rings. The number of amides is 6. The van der Waals surface area contributed by atoms with Gasteiger partial charge in [-0.2, -0.15) is 4.57 Å². The largest absolute Gasteiger partial charge is 1.00 e. The van der Waals surface area contributed by atoms with Gasteiger partial charge in [-0.1, -0.05) is 62.0 Å². The Morgan fingerprint density at radius 1 is 0.650 bits per heavy atom. The fraction of sp³-hybridized carbons (Fsp3) is 0.517. The number of halogens is 1. The number of nitrogens with one attached hydrogen (secondary N) is 6. The summed E-state index contributed by atoms with van der Waals surface area (Å²) in [6, 6.07) is 12.6. The third-order valence-electron chi connectivity index (χ3n) is 11.6. The number of aryl methyl sites for hydroxylation is 1. The lowest BCUT2D eigenvalue weighted by Gasteiger charge is -2.28. The van der Waals surface area contributed by atoms with Crippen molar-refractivity contribution in [2.24, 2.45) is 5.92 Å². The zero-order valence-corrected chi connectivity index (χ0v) is 51.3. The quantitative estimate of drug-likeness (QED) is 0.0234. The van der Waals surface area contributed by atoms with Gasteiger partial charge in [-0.15, -0.1) is 0 Å². The van der Waals surface area contributed by atoms with Crippen LogP contribution in [0.4, 0.5) is 5.69 Å². The van der Waals surface area contributed by atoms with Gasteiger partial charge >= 0.3 is 17.9 Å². The third-order valence-corrected chi connectivity index (χ3v) is 12.8. The number of anilines is 1. The first kappa shape index (κ1) is 67.7. The van der Waals surface area contributed by atoms with E-state index in [0.717, 1.165) is 28.4 Å². The van der Waals surface area contributed by atoms with Crippen molar-refractivity contribution < 1.29 is 85.9 Å². The van der Waals surface area contributed by atoms with E-state index in [4.69, 9.17) is 14.2 Å². The molecule has 1 aliphatic heterocycles. The fourth-order valence-electron chi connectivity index (χ4n) is 8.17. The molecule has 1 aliphatic rings. The molecule has 0 aliphatic carbocycles. The zero-order valence-electron chi connectivity index (χ0n) is 48.3. The molecular weight excluding hydrogens is 1160 g/mol. The summed E-state index contributed by atoms with van der Waals surface area (Å²) >= 11 is 1.73. The molecule has 1 aromatic heterocycles. The highest BCUT2D eigenvalue weighted by Crippen LogP contribution is 2.44. The molecule has 20 nitrogen and oxygen atoms in total. The van der Waals surface area contributed by atoms with Crippen LogP contribution in [-0.2, 0) is 63.9 Å². The van der Waals surface area contributed by atoms with Gasteiger partial charge in [0.2, 0.25) is 41.0 Å². The van der Waals surface area contributed by atoms with Crippen molar-refractivity contribution in [1.82, 2.24) is 31.9 Å². The van der Waals surface area contributed by atoms with Crippen molar-refractivity contribution in [2.45, 2.75) is 174 Å². The first-order chi connectivity index (χ1) is 36.9. The second-order valence-electron chi connectivity index (χ2n) is 22.5. The summed E-state index contributed by atoms with van der Waals surface area (Å²) in [6.07, 6.45) is 7.12. The summed E-state index contributed by atoms with van der Waals surface area (Å²) in [4.78, 5) is 123. The lowest BCUT2D eigenvalue weighted by atomic mass is 10.0. The molecule has 4 atom stereocenters. The van der Waals surface area contributed by atoms with E-state index in [0.29, 0.717) is 13.0 Å². The Kier molecular flexibility index (Phi) is 26.1. The molecule has 6 amide bonds. The second kappa shape index (κ2) is 30.9. The monoisotopic (exact) mass is 1240 g/mol. The molecule has 0 spiro atoms. The van der Waals surface area contributed by atoms with Crippen LogP contribution in [0, 0.1) is 5.92 Å². The van der Waals surface area contributed by atoms with Crippen LogP contribution in [0.25, 0.3) is 17.0 Å². The van der Waals surface area contributed by atoms with Gasteiger partial charge in [-0.3, -0.25) is 43.2 Å². The van der Waals surface area contributed by atoms with Crippen LogP contribution in [0.1, 0.15) is 127 Å². The minimum Gasteiger partial charge on any atom is -1.00 e. The first-order valence-corrected chi connectivity index (χ1v) is 27.4. The number of pyridine rings is 1. The van der Waals surface area contributed by atoms with Crippen LogP contribution in [-0.4, -0.2) is 114 Å². The van der Waals surface area contributed by atoms with E-state index in [1.165, 1.54) is 10.6 Å². The van der Waals surface area contributed by atoms with E-state index >= 15 is 0 Å². The summed E-state index contributed by atoms with van der Waals surface area (Å²) in [7, 11) is 2.06. The number of nitrogens with zero attached hydrogens (tertiary/aromatic N) is 2. The number of rotatable bonds is 25. The number of fused-ring (bicyclic) bond motifs is 2. The molecule has 0 bridgehead atoms. The average Bonchev–Trinajstić information content (AvgIpc) is 3.65. The average molecular weight is 1240 g/mol. The first-order valence-electron chi connectivity index (χ1n) is 26.6. The number of benzene rings is 2. The number of thioether (sulfide) groups is 1. The van der Waals surface area contributed by atoms with Crippen molar-refractivity contribution in [3.05, 3.63) is 83.5 Å². The Balaban J connectivity index is 0.0000168. The summed E-state index contributed by atoms with van der Waals surface area (Å²) in [5.41, 5.74) is 0.535. The maximum atomic E-state index is 14.1. The molecule has 22 heteroatoms. The van der Waals surface area contributed by atoms with E-state index < -0.39 is 107 Å². The van der Waals surface area contributed by atoms with Crippen molar-refractivity contribution in [3.8, 4) is 0 Å². The second-order valence-corrected chi connectivity index (χ2v) is 23.6. The summed E-state index contributed by atoms with van der Waals surface area (Å²) in [5, 5.41) is 17.7. The van der Waals surface area contributed by atoms with E-state index in [9.17, 15) is 43.2 Å². The Hall–Kier alpha value is -6.56. The van der Waals surface area contributed by atoms with Gasteiger partial charge in [0.1, 0.15) is 47.5 Å². The van der Waals surface area contributed by atoms with Gasteiger partial charge in [-0.25, -0.2) is 0 Å². The van der Waals surface area contributed by atoms with Gasteiger partial charge in [0.05, 0.1) is 28.9 Å². The van der Waals surface area contributed by atoms with Crippen LogP contribution in [0.15, 0.2) is 82.9 Å². The fourth-order valence-corrected chi connectivity index (χ4v) is 9.23. The summed E-state index contributed by atoms with van der Waals surface area (Å²) in [6.45, 7) is 19.7. The summed E-state index contributed by atoms with van der Waals surface area (Å²) in [5.74, 6) is -7.36. The summed E-state index contributed by atoms with van der Waals surface area (Å²) < 4.78 is 18.3. The zero-order chi connectivity index (χ0) is 58.8. The molecule has 6 N–H and O–H groups in total. The smallest absolute Gasteiger partial charge is 0.308 e. The maximum absolute atomic E-state index is 14.1. The van der Waals surface area contributed by atoms with E-state index in [1.807, 2.05) is 36.5 Å². The van der Waals surface area contributed by atoms with Gasteiger partial charge in [0.15, 0.2) is 6.20 Å². The number of hydrogen-bond donors (Lipinski definition) is 6. The number of esters is 3. The third kappa shape index (κ3) is 23.3. The van der Waals surface area contributed by atoms with Gasteiger partial charge in [0, 0.05) is 63.4 Å². The normalized spacial score (nSPS) is 14.4. The highest BCUT2D eigenvalue weighted by atomic mass is 127. The molecule has 2 aromatic carbocycles. The van der Waals surface area contributed by atoms with E-state index in [1.54, 1.807) is 87.9 Å². The number of carbonyl (C=O) groups excluding carboxylic acids is 9. The molecular formula is C58H81IN8O12S. The number of para-hydroxylation sites is 2. The standard InChI is InChI=1S/C58H80N8O12S.HI/c1-36(2)51(64-53(73)40(27-28-48(69)76-56(4,5)6)62-54(74)42(61-37(3)67)35-50(71)78-58(10,11)12)55(75)63-41(34-49(70)77-57(7,8)9)52(72)60-31-30-59-46(68)25-19-32-66-33-29-38(39-21-14-15-22-43(39)66)20-18-26-47-65(13)44-23-16-17-24-45(44)79-47;/h14-18,20-24,26,29,33,36,40-42,51H,19,25,27-28,30-32,34-35H2,1-13H3,(H5-,59,60,61,62,63,64,67,68,72,73,74,75);1H/t40-,41-,42-,51-;/m1./s1. The maximum Gasteiger partial charge on any atom is 0.308 e. The van der Waals surface area contributed by atoms with Gasteiger partial charge in [0.25, 0.3) is 0 Å². The molecule has 0 saturated carbocycles. The minimum atomic E-state index is -1.51. The molecule has 0 radical (unpaired) electrons. The molecule has 80 heavy (non-hydrogen) atoms. The molecule has 4 rings (SSSR count). The van der Waals surface area contributed by atoms with Crippen LogP contribution in [0.3, 0.4) is 0 Å². The predicted octanol–water partition coefficient (Wildman–Crippen LogP) is 2.44. The van der Waals surface area contributed by atoms with Crippen molar-refractivity contribution in [3.63, 3.8) is 0 Å². The van der Waals surface area contributed by atoms with Crippen LogP contribution in [0.2, 0.25) is 0 Å². The van der Waals surface area contributed by atoms with Gasteiger partial charge < -0.3 is 75.0 Å². The SMILES string of the molecule is CC(=O)N[C@H](CC(=O)OC(C)(C)C)C(=O)N[C@H](CCC(=O)OC(C)(C)C)C(=O)N[C@@H](C(=O)N[C@H](CC(=O)OC(C)(C)C)C(=O)NCCNC(=O)CCC[n+]1ccc(C=CC=C2Sc3ccccc3N2C)c2ccccc21)C(C)C.[I-]. The molecule has 2 heterocycles. The highest BCUT2D eigenvalue weighted by molar-refractivity contribution is 8.03. The lowest BCUT2D eigenvalue weighted by Crippen LogP contribution is -3.00. The minimum absolute atomic E-state index is 0. The van der Waals surface area contributed by atoms with Crippen LogP contribution >= 0.6 is 11.8 Å². The Bertz CT molecular complexity index is 2770. The Morgan fingerprint density at radius 3 is 1.80 bits per heavy atom. The lowest BCUT2D eigenvalue weighted by molar-refractivity contribution is -0.671. The predicted molar refractivity (Wildman–Crippen MR) is 301 cm³/mol. The van der Waals surface area contributed by atoms with Gasteiger partial charge in [-0.05, 0) is 104 Å². The number of carbonyl (C=O) groups is 9. The highest BCUT2D eigenvalue weighted by Gasteiger charge is 2.35. The topological polar surface area (TPSA) is 261 Å². The number of ether oxygens (including phenoxy) is 3. The van der Waals surface area contributed by atoms with Crippen LogP contribution in [0.5, 0.6) is 0 Å². The molecule has 3 aromatic rings. The van der Waals surface area contributed by atoms with Crippen molar-refractivity contribution in [2.75, 3.05) is 25.0 Å². The van der Waals surface area contributed by atoms with E-state index in [2.05, 4.69) is 90.9 Å². The number of aromatic nitrogens is 1. The van der Waals surface area contributed by atoms with Crippen LogP contribution < -0.4 is 65.3 Å². The van der Waals surface area contributed by atoms with Crippen molar-refractivity contribution >= 4 is 87.8 Å². The molecule has 0 unspecified atom stereocenters. The Labute approximate surface area is 491 Å². The number of allylic oxidation sites excluding steroid dienone is 2. The molecule has 0 saturated heterocycles.